The van der Waals surface area contributed by atoms with Gasteiger partial charge in [-0.05, 0) is 18.1 Å². The van der Waals surface area contributed by atoms with Crippen molar-refractivity contribution in [1.82, 2.24) is 10.4 Å². The number of nitrogens with one attached hydrogen (secondary N) is 1. The topological polar surface area (TPSA) is 89.9 Å². The number of carbonyl (C=O) groups is 2. The summed E-state index contributed by atoms with van der Waals surface area (Å²) in [5.74, 6) is -1.15. The minimum absolute atomic E-state index is 0.0399. The summed E-state index contributed by atoms with van der Waals surface area (Å²) in [4.78, 5) is 23.3. The highest BCUT2D eigenvalue weighted by molar-refractivity contribution is 6.03. The molecule has 1 fully saturated rings. The summed E-state index contributed by atoms with van der Waals surface area (Å²) in [5.41, 5.74) is 3.07. The van der Waals surface area contributed by atoms with Crippen molar-refractivity contribution in [1.29, 1.82) is 0 Å². The average Bonchev–Trinajstić information content (AvgIpc) is 2.58. The van der Waals surface area contributed by atoms with E-state index in [-0.39, 0.29) is 36.2 Å². The highest BCUT2D eigenvalue weighted by Gasteiger charge is 2.38. The molecule has 0 bridgehead atoms. The Kier molecular flexibility index (Phi) is 3.20. The molecule has 3 N–H and O–H groups in total. The Bertz CT molecular complexity index is 501. The van der Waals surface area contributed by atoms with Crippen molar-refractivity contribution in [3.8, 4) is 11.5 Å². The molecule has 0 aliphatic carbocycles. The maximum Gasteiger partial charge on any atom is 0.247 e. The maximum atomic E-state index is 11.8. The van der Waals surface area contributed by atoms with Gasteiger partial charge in [0.25, 0.3) is 0 Å². The Balaban J connectivity index is 2.15. The lowest BCUT2D eigenvalue weighted by atomic mass is 9.97. The van der Waals surface area contributed by atoms with Crippen LogP contribution in [0.25, 0.3) is 0 Å². The van der Waals surface area contributed by atoms with Gasteiger partial charge in [-0.15, -0.1) is 0 Å². The van der Waals surface area contributed by atoms with Crippen molar-refractivity contribution >= 4 is 11.8 Å². The zero-order chi connectivity index (χ0) is 13.3. The smallest absolute Gasteiger partial charge is 0.247 e. The third kappa shape index (κ3) is 2.14. The van der Waals surface area contributed by atoms with Crippen molar-refractivity contribution in [2.75, 3.05) is 7.05 Å². The number of hydrazine groups is 1. The Labute approximate surface area is 104 Å². The fourth-order valence-corrected chi connectivity index (χ4v) is 2.08. The number of imide groups is 1. The minimum atomic E-state index is -0.472. The van der Waals surface area contributed by atoms with Gasteiger partial charge >= 0.3 is 0 Å². The Morgan fingerprint density at radius 1 is 1.39 bits per heavy atom. The first-order valence-corrected chi connectivity index (χ1v) is 5.58. The van der Waals surface area contributed by atoms with Gasteiger partial charge < -0.3 is 10.2 Å². The third-order valence-corrected chi connectivity index (χ3v) is 3.00. The molecule has 0 aromatic heterocycles. The summed E-state index contributed by atoms with van der Waals surface area (Å²) >= 11 is 0. The summed E-state index contributed by atoms with van der Waals surface area (Å²) in [7, 11) is 1.51. The Morgan fingerprint density at radius 3 is 2.67 bits per heavy atom. The van der Waals surface area contributed by atoms with Crippen molar-refractivity contribution < 1.29 is 19.8 Å². The normalized spacial score (nSPS) is 19.6. The molecule has 2 amide bonds. The number of carbonyl (C=O) groups excluding carboxylic acids is 2. The van der Waals surface area contributed by atoms with Crippen LogP contribution in [0, 0.1) is 5.92 Å². The molecular weight excluding hydrogens is 236 g/mol. The van der Waals surface area contributed by atoms with Crippen LogP contribution in [0.15, 0.2) is 18.2 Å². The third-order valence-electron chi connectivity index (χ3n) is 3.00. The summed E-state index contributed by atoms with van der Waals surface area (Å²) < 4.78 is 0. The lowest BCUT2D eigenvalue weighted by molar-refractivity contribution is -0.142. The predicted molar refractivity (Wildman–Crippen MR) is 62.5 cm³/mol. The minimum Gasteiger partial charge on any atom is -0.508 e. The fraction of sp³-hybridized carbons (Fsp3) is 0.333. The number of phenolic OH excluding ortho intramolecular Hbond substituents is 2. The molecule has 1 aromatic carbocycles. The van der Waals surface area contributed by atoms with E-state index >= 15 is 0 Å². The first-order chi connectivity index (χ1) is 8.52. The van der Waals surface area contributed by atoms with Gasteiger partial charge in [0.15, 0.2) is 0 Å². The lowest BCUT2D eigenvalue weighted by Gasteiger charge is -2.13. The first kappa shape index (κ1) is 12.4. The lowest BCUT2D eigenvalue weighted by Crippen LogP contribution is -2.40. The van der Waals surface area contributed by atoms with Gasteiger partial charge in [-0.25, -0.2) is 10.4 Å². The van der Waals surface area contributed by atoms with Crippen molar-refractivity contribution in [3.63, 3.8) is 0 Å². The van der Waals surface area contributed by atoms with Crippen LogP contribution >= 0.6 is 0 Å². The zero-order valence-electron chi connectivity index (χ0n) is 9.88. The van der Waals surface area contributed by atoms with Gasteiger partial charge in [0.05, 0.1) is 5.92 Å². The molecule has 1 heterocycles. The van der Waals surface area contributed by atoms with Gasteiger partial charge in [-0.3, -0.25) is 9.59 Å². The number of aromatic hydroxyl groups is 2. The van der Waals surface area contributed by atoms with Crippen LogP contribution < -0.4 is 5.43 Å². The molecule has 6 nitrogen and oxygen atoms in total. The number of rotatable bonds is 3. The quantitative estimate of drug-likeness (QED) is 0.664. The number of nitrogens with zero attached hydrogens (tertiary/aromatic N) is 1. The second-order valence-corrected chi connectivity index (χ2v) is 4.21. The van der Waals surface area contributed by atoms with E-state index in [1.165, 1.54) is 19.2 Å². The molecule has 1 atom stereocenters. The fourth-order valence-electron chi connectivity index (χ4n) is 2.08. The molecule has 1 saturated heterocycles. The summed E-state index contributed by atoms with van der Waals surface area (Å²) in [5, 5.41) is 19.8. The summed E-state index contributed by atoms with van der Waals surface area (Å²) in [6.45, 7) is 0. The average molecular weight is 250 g/mol. The van der Waals surface area contributed by atoms with Crippen LogP contribution in [0.4, 0.5) is 0 Å². The van der Waals surface area contributed by atoms with Crippen molar-refractivity contribution in [2.45, 2.75) is 12.8 Å². The number of hydrogen-bond acceptors (Lipinski definition) is 5. The molecule has 1 aromatic rings. The van der Waals surface area contributed by atoms with E-state index in [1.54, 1.807) is 6.07 Å². The zero-order valence-corrected chi connectivity index (χ0v) is 9.88. The van der Waals surface area contributed by atoms with E-state index in [1.807, 2.05) is 0 Å². The Morgan fingerprint density at radius 2 is 2.11 bits per heavy atom. The van der Waals surface area contributed by atoms with Gasteiger partial charge in [0.2, 0.25) is 11.8 Å². The number of phenols is 2. The maximum absolute atomic E-state index is 11.8. The van der Waals surface area contributed by atoms with E-state index in [4.69, 9.17) is 0 Å². The SMILES string of the molecule is CNN1C(=O)CC(Cc2ccc(O)cc2O)C1=O. The number of amides is 2. The van der Waals surface area contributed by atoms with E-state index in [2.05, 4.69) is 5.43 Å². The second-order valence-electron chi connectivity index (χ2n) is 4.21. The number of hydrogen-bond donors (Lipinski definition) is 3. The van der Waals surface area contributed by atoms with Gasteiger partial charge in [-0.2, -0.15) is 0 Å². The highest BCUT2D eigenvalue weighted by atomic mass is 16.3. The number of benzene rings is 1. The second kappa shape index (κ2) is 4.66. The monoisotopic (exact) mass is 250 g/mol. The first-order valence-electron chi connectivity index (χ1n) is 5.58. The van der Waals surface area contributed by atoms with E-state index in [9.17, 15) is 19.8 Å². The molecular formula is C12H14N2O4. The van der Waals surface area contributed by atoms with Crippen LogP contribution in [0.2, 0.25) is 0 Å². The molecule has 0 radical (unpaired) electrons. The Hall–Kier alpha value is -2.08. The van der Waals surface area contributed by atoms with Crippen LogP contribution in [-0.4, -0.2) is 34.1 Å². The van der Waals surface area contributed by atoms with Crippen LogP contribution in [0.1, 0.15) is 12.0 Å². The van der Waals surface area contributed by atoms with E-state index < -0.39 is 5.92 Å². The van der Waals surface area contributed by atoms with Crippen LogP contribution in [0.3, 0.4) is 0 Å². The highest BCUT2D eigenvalue weighted by Crippen LogP contribution is 2.28. The van der Waals surface area contributed by atoms with Crippen LogP contribution in [0.5, 0.6) is 11.5 Å². The van der Waals surface area contributed by atoms with E-state index in [0.29, 0.717) is 5.56 Å². The van der Waals surface area contributed by atoms with Gasteiger partial charge in [0, 0.05) is 19.5 Å². The molecule has 0 saturated carbocycles. The summed E-state index contributed by atoms with van der Waals surface area (Å²) in [6, 6.07) is 4.20. The summed E-state index contributed by atoms with van der Waals surface area (Å²) in [6.07, 6.45) is 0.398. The molecule has 1 aliphatic heterocycles. The molecule has 2 rings (SSSR count). The van der Waals surface area contributed by atoms with Crippen molar-refractivity contribution in [2.24, 2.45) is 5.92 Å². The molecule has 6 heteroatoms. The predicted octanol–water partition coefficient (Wildman–Crippen LogP) is 0.150. The molecule has 96 valence electrons. The molecule has 1 aliphatic rings. The van der Waals surface area contributed by atoms with Gasteiger partial charge in [-0.1, -0.05) is 6.07 Å². The van der Waals surface area contributed by atoms with Crippen molar-refractivity contribution in [3.05, 3.63) is 23.8 Å². The van der Waals surface area contributed by atoms with Crippen LogP contribution in [-0.2, 0) is 16.0 Å². The molecule has 18 heavy (non-hydrogen) atoms. The standard InChI is InChI=1S/C12H14N2O4/c1-13-14-11(17)5-8(12(14)18)4-7-2-3-9(15)6-10(7)16/h2-3,6,8,13,15-16H,4-5H2,1H3. The van der Waals surface area contributed by atoms with Gasteiger partial charge in [0.1, 0.15) is 11.5 Å². The largest absolute Gasteiger partial charge is 0.508 e. The molecule has 0 spiro atoms. The van der Waals surface area contributed by atoms with E-state index in [0.717, 1.165) is 5.01 Å². The molecule has 1 unspecified atom stereocenters.